The Morgan fingerprint density at radius 3 is 1.85 bits per heavy atom. The average Bonchev–Trinajstić information content (AvgIpc) is 2.48. The van der Waals surface area contributed by atoms with Gasteiger partial charge in [0.15, 0.2) is 8.32 Å². The number of rotatable bonds is 12. The molecule has 1 N–H and O–H groups in total. The maximum absolute atomic E-state index is 11.7. The van der Waals surface area contributed by atoms with Crippen LogP contribution in [0.5, 0.6) is 0 Å². The summed E-state index contributed by atoms with van der Waals surface area (Å²) >= 11 is 0. The van der Waals surface area contributed by atoms with Crippen molar-refractivity contribution in [3.63, 3.8) is 0 Å². The zero-order chi connectivity index (χ0) is 20.5. The minimum absolute atomic E-state index is 0.150. The quantitative estimate of drug-likeness (QED) is 0.265. The van der Waals surface area contributed by atoms with Gasteiger partial charge in [0.25, 0.3) is 0 Å². The Balaban J connectivity index is 4.16. The smallest absolute Gasteiger partial charge is 0.311 e. The molecule has 26 heavy (non-hydrogen) atoms. The van der Waals surface area contributed by atoms with E-state index in [1.165, 1.54) is 0 Å². The molecule has 0 aliphatic heterocycles. The molecule has 0 saturated carbocycles. The van der Waals surface area contributed by atoms with Crippen LogP contribution in [0, 0.1) is 5.41 Å². The standard InChI is InChI=1S/C21H44O4Si/c1-16(2)26(17(3)4,18(5)6)25-15-19(22)13-11-10-12-14-24-20(23)21(7,8)9/h16-19,22H,10-15H2,1-9H3/t19-/m0/s1. The molecular formula is C21H44O4Si. The third-order valence-corrected chi connectivity index (χ3v) is 11.3. The monoisotopic (exact) mass is 388 g/mol. The van der Waals surface area contributed by atoms with Crippen molar-refractivity contribution in [3.8, 4) is 0 Å². The lowest BCUT2D eigenvalue weighted by molar-refractivity contribution is -0.153. The van der Waals surface area contributed by atoms with Crippen LogP contribution < -0.4 is 0 Å². The predicted molar refractivity (Wildman–Crippen MR) is 112 cm³/mol. The lowest BCUT2D eigenvalue weighted by Crippen LogP contribution is -2.49. The van der Waals surface area contributed by atoms with Gasteiger partial charge in [-0.1, -0.05) is 48.0 Å². The zero-order valence-corrected chi connectivity index (χ0v) is 19.7. The van der Waals surface area contributed by atoms with Gasteiger partial charge in [0.1, 0.15) is 0 Å². The van der Waals surface area contributed by atoms with Crippen LogP contribution in [0.25, 0.3) is 0 Å². The highest BCUT2D eigenvalue weighted by atomic mass is 28.4. The Hall–Kier alpha value is -0.393. The van der Waals surface area contributed by atoms with Crippen molar-refractivity contribution in [1.82, 2.24) is 0 Å². The van der Waals surface area contributed by atoms with E-state index in [0.717, 1.165) is 25.7 Å². The van der Waals surface area contributed by atoms with Gasteiger partial charge in [-0.3, -0.25) is 4.79 Å². The number of hydrogen-bond acceptors (Lipinski definition) is 4. The highest BCUT2D eigenvalue weighted by Crippen LogP contribution is 2.42. The Bertz CT molecular complexity index is 378. The van der Waals surface area contributed by atoms with Crippen molar-refractivity contribution in [1.29, 1.82) is 0 Å². The molecule has 0 radical (unpaired) electrons. The maximum Gasteiger partial charge on any atom is 0.311 e. The van der Waals surface area contributed by atoms with Crippen LogP contribution in [0.4, 0.5) is 0 Å². The SMILES string of the molecule is CC(C)[Si](OC[C@@H](O)CCCCCOC(=O)C(C)(C)C)(C(C)C)C(C)C. The fourth-order valence-corrected chi connectivity index (χ4v) is 9.35. The van der Waals surface area contributed by atoms with Gasteiger partial charge in [0, 0.05) is 0 Å². The number of aliphatic hydroxyl groups excluding tert-OH is 1. The molecule has 0 aliphatic carbocycles. The van der Waals surface area contributed by atoms with E-state index in [1.54, 1.807) is 0 Å². The van der Waals surface area contributed by atoms with E-state index in [1.807, 2.05) is 20.8 Å². The summed E-state index contributed by atoms with van der Waals surface area (Å²) in [7, 11) is -1.90. The number of aliphatic hydroxyl groups is 1. The molecule has 0 saturated heterocycles. The average molecular weight is 389 g/mol. The Morgan fingerprint density at radius 1 is 0.923 bits per heavy atom. The molecule has 156 valence electrons. The second kappa shape index (κ2) is 11.5. The van der Waals surface area contributed by atoms with Gasteiger partial charge in [0.05, 0.1) is 24.7 Å². The second-order valence-corrected chi connectivity index (χ2v) is 15.0. The van der Waals surface area contributed by atoms with Gasteiger partial charge in [-0.25, -0.2) is 0 Å². The van der Waals surface area contributed by atoms with Crippen LogP contribution in [0.3, 0.4) is 0 Å². The van der Waals surface area contributed by atoms with Gasteiger partial charge in [-0.15, -0.1) is 0 Å². The molecule has 0 aliphatic rings. The Kier molecular flexibility index (Phi) is 11.3. The fraction of sp³-hybridized carbons (Fsp3) is 0.952. The first-order valence-electron chi connectivity index (χ1n) is 10.3. The van der Waals surface area contributed by atoms with Crippen molar-refractivity contribution in [2.24, 2.45) is 5.41 Å². The van der Waals surface area contributed by atoms with Gasteiger partial charge >= 0.3 is 5.97 Å². The molecular weight excluding hydrogens is 344 g/mol. The van der Waals surface area contributed by atoms with Crippen LogP contribution in [0.2, 0.25) is 16.6 Å². The van der Waals surface area contributed by atoms with Gasteiger partial charge in [-0.2, -0.15) is 0 Å². The summed E-state index contributed by atoms with van der Waals surface area (Å²) in [6.07, 6.45) is 3.06. The van der Waals surface area contributed by atoms with E-state index in [2.05, 4.69) is 41.5 Å². The molecule has 0 aromatic rings. The number of carbonyl (C=O) groups is 1. The summed E-state index contributed by atoms with van der Waals surface area (Å²) in [5, 5.41) is 10.3. The molecule has 0 aromatic carbocycles. The maximum atomic E-state index is 11.7. The fourth-order valence-electron chi connectivity index (χ4n) is 3.86. The summed E-state index contributed by atoms with van der Waals surface area (Å²) < 4.78 is 11.7. The summed E-state index contributed by atoms with van der Waals surface area (Å²) in [5.74, 6) is -0.150. The summed E-state index contributed by atoms with van der Waals surface area (Å²) in [4.78, 5) is 11.7. The highest BCUT2D eigenvalue weighted by Gasteiger charge is 2.45. The van der Waals surface area contributed by atoms with E-state index in [9.17, 15) is 9.90 Å². The lowest BCUT2D eigenvalue weighted by atomic mass is 9.97. The molecule has 0 spiro atoms. The normalized spacial score (nSPS) is 14.3. The summed E-state index contributed by atoms with van der Waals surface area (Å²) in [6.45, 7) is 20.1. The Morgan fingerprint density at radius 2 is 1.42 bits per heavy atom. The van der Waals surface area contributed by atoms with Crippen LogP contribution >= 0.6 is 0 Å². The van der Waals surface area contributed by atoms with Crippen LogP contribution in [-0.4, -0.2) is 38.7 Å². The minimum atomic E-state index is -1.90. The predicted octanol–water partition coefficient (Wildman–Crippen LogP) is 5.69. The molecule has 0 fully saturated rings. The lowest BCUT2D eigenvalue weighted by Gasteiger charge is -2.42. The van der Waals surface area contributed by atoms with E-state index in [4.69, 9.17) is 9.16 Å². The number of ether oxygens (including phenoxy) is 1. The molecule has 1 atom stereocenters. The minimum Gasteiger partial charge on any atom is -0.465 e. The zero-order valence-electron chi connectivity index (χ0n) is 18.7. The number of esters is 1. The van der Waals surface area contributed by atoms with E-state index in [-0.39, 0.29) is 5.97 Å². The highest BCUT2D eigenvalue weighted by molar-refractivity contribution is 6.77. The molecule has 5 heteroatoms. The first-order chi connectivity index (χ1) is 11.9. The number of carbonyl (C=O) groups excluding carboxylic acids is 1. The van der Waals surface area contributed by atoms with E-state index >= 15 is 0 Å². The first kappa shape index (κ1) is 25.6. The largest absolute Gasteiger partial charge is 0.465 e. The molecule has 4 nitrogen and oxygen atoms in total. The van der Waals surface area contributed by atoms with E-state index < -0.39 is 19.8 Å². The van der Waals surface area contributed by atoms with Crippen molar-refractivity contribution in [3.05, 3.63) is 0 Å². The number of unbranched alkanes of at least 4 members (excludes halogenated alkanes) is 2. The van der Waals surface area contributed by atoms with Crippen molar-refractivity contribution >= 4 is 14.3 Å². The first-order valence-corrected chi connectivity index (χ1v) is 12.5. The number of hydrogen-bond donors (Lipinski definition) is 1. The second-order valence-electron chi connectivity index (χ2n) is 9.52. The van der Waals surface area contributed by atoms with Gasteiger partial charge in [0.2, 0.25) is 0 Å². The van der Waals surface area contributed by atoms with Gasteiger partial charge in [-0.05, 0) is 56.7 Å². The summed E-state index contributed by atoms with van der Waals surface area (Å²) in [6, 6.07) is 0. The molecule has 0 heterocycles. The van der Waals surface area contributed by atoms with Crippen LogP contribution in [0.15, 0.2) is 0 Å². The molecule has 0 bridgehead atoms. The molecule has 0 unspecified atom stereocenters. The third-order valence-electron chi connectivity index (χ3n) is 5.26. The molecule has 0 aromatic heterocycles. The van der Waals surface area contributed by atoms with Crippen molar-refractivity contribution in [2.75, 3.05) is 13.2 Å². The third kappa shape index (κ3) is 8.09. The Labute approximate surface area is 163 Å². The topological polar surface area (TPSA) is 55.8 Å². The summed E-state index contributed by atoms with van der Waals surface area (Å²) in [5.41, 5.74) is 1.17. The van der Waals surface area contributed by atoms with Crippen LogP contribution in [-0.2, 0) is 14.0 Å². The van der Waals surface area contributed by atoms with Crippen molar-refractivity contribution < 1.29 is 19.1 Å². The molecule has 0 amide bonds. The van der Waals surface area contributed by atoms with Gasteiger partial charge < -0.3 is 14.3 Å². The van der Waals surface area contributed by atoms with Crippen molar-refractivity contribution in [2.45, 2.75) is 111 Å². The van der Waals surface area contributed by atoms with E-state index in [0.29, 0.717) is 29.8 Å². The van der Waals surface area contributed by atoms with Crippen LogP contribution in [0.1, 0.15) is 88.0 Å². The molecule has 0 rings (SSSR count).